The number of aromatic nitrogens is 2. The van der Waals surface area contributed by atoms with Crippen molar-refractivity contribution in [3.63, 3.8) is 0 Å². The van der Waals surface area contributed by atoms with Gasteiger partial charge in [0, 0.05) is 18.8 Å². The molecule has 5 nitrogen and oxygen atoms in total. The SMILES string of the molecule is CCCN(CC/C=C/c1cc(C)n(C2CCC(C(F)(F)F)CC2)n1)C(=O)OC(C)(C)C. The van der Waals surface area contributed by atoms with E-state index in [2.05, 4.69) is 5.10 Å². The van der Waals surface area contributed by atoms with Crippen LogP contribution in [-0.2, 0) is 4.74 Å². The summed E-state index contributed by atoms with van der Waals surface area (Å²) in [5, 5.41) is 4.60. The second-order valence-corrected chi connectivity index (χ2v) is 9.36. The number of halogens is 3. The van der Waals surface area contributed by atoms with Crippen molar-refractivity contribution < 1.29 is 22.7 Å². The van der Waals surface area contributed by atoms with E-state index >= 15 is 0 Å². The van der Waals surface area contributed by atoms with Crippen molar-refractivity contribution in [2.75, 3.05) is 13.1 Å². The lowest BCUT2D eigenvalue weighted by molar-refractivity contribution is -0.183. The largest absolute Gasteiger partial charge is 0.444 e. The van der Waals surface area contributed by atoms with Crippen molar-refractivity contribution in [2.45, 2.75) is 91.0 Å². The van der Waals surface area contributed by atoms with E-state index < -0.39 is 17.7 Å². The second kappa shape index (κ2) is 10.6. The molecule has 1 aromatic rings. The Morgan fingerprint density at radius 2 is 1.87 bits per heavy atom. The zero-order valence-corrected chi connectivity index (χ0v) is 19.3. The zero-order chi connectivity index (χ0) is 23.2. The van der Waals surface area contributed by atoms with Gasteiger partial charge < -0.3 is 9.64 Å². The van der Waals surface area contributed by atoms with Crippen LogP contribution < -0.4 is 0 Å². The van der Waals surface area contributed by atoms with Gasteiger partial charge in [0.05, 0.1) is 17.7 Å². The van der Waals surface area contributed by atoms with Crippen LogP contribution in [-0.4, -0.2) is 45.6 Å². The third kappa shape index (κ3) is 7.89. The third-order valence-electron chi connectivity index (χ3n) is 5.45. The number of alkyl halides is 3. The van der Waals surface area contributed by atoms with E-state index in [4.69, 9.17) is 4.74 Å². The topological polar surface area (TPSA) is 47.4 Å². The van der Waals surface area contributed by atoms with Crippen molar-refractivity contribution in [3.8, 4) is 0 Å². The van der Waals surface area contributed by atoms with Crippen LogP contribution >= 0.6 is 0 Å². The molecule has 0 aromatic carbocycles. The summed E-state index contributed by atoms with van der Waals surface area (Å²) in [7, 11) is 0. The standard InChI is InChI=1S/C23H36F3N3O2/c1-6-14-28(21(30)31-22(3,4)5)15-8-7-9-19-16-17(2)29(27-19)20-12-10-18(11-13-20)23(24,25)26/h7,9,16,18,20H,6,8,10-15H2,1-5H3/b9-7+. The fraction of sp³-hybridized carbons (Fsp3) is 0.739. The Bertz CT molecular complexity index is 742. The predicted molar refractivity (Wildman–Crippen MR) is 116 cm³/mol. The maximum Gasteiger partial charge on any atom is 0.410 e. The van der Waals surface area contributed by atoms with E-state index in [1.165, 1.54) is 0 Å². The van der Waals surface area contributed by atoms with Crippen LogP contribution in [0.5, 0.6) is 0 Å². The summed E-state index contributed by atoms with van der Waals surface area (Å²) in [6.07, 6.45) is 2.32. The summed E-state index contributed by atoms with van der Waals surface area (Å²) in [5.74, 6) is -1.19. The summed E-state index contributed by atoms with van der Waals surface area (Å²) in [5.41, 5.74) is 1.22. The fourth-order valence-corrected chi connectivity index (χ4v) is 3.94. The summed E-state index contributed by atoms with van der Waals surface area (Å²) >= 11 is 0. The molecule has 0 radical (unpaired) electrons. The zero-order valence-electron chi connectivity index (χ0n) is 19.3. The monoisotopic (exact) mass is 443 g/mol. The number of aryl methyl sites for hydroxylation is 1. The summed E-state index contributed by atoms with van der Waals surface area (Å²) in [6, 6.07) is 1.97. The van der Waals surface area contributed by atoms with Crippen molar-refractivity contribution >= 4 is 12.2 Å². The number of amides is 1. The van der Waals surface area contributed by atoms with Gasteiger partial charge in [0.25, 0.3) is 0 Å². The van der Waals surface area contributed by atoms with Gasteiger partial charge in [-0.1, -0.05) is 13.0 Å². The highest BCUT2D eigenvalue weighted by atomic mass is 19.4. The first kappa shape index (κ1) is 25.3. The lowest BCUT2D eigenvalue weighted by Crippen LogP contribution is -2.37. The maximum absolute atomic E-state index is 12.9. The molecule has 1 aromatic heterocycles. The lowest BCUT2D eigenvalue weighted by Gasteiger charge is -2.30. The Morgan fingerprint density at radius 3 is 2.42 bits per heavy atom. The smallest absolute Gasteiger partial charge is 0.410 e. The minimum atomic E-state index is -4.09. The Balaban J connectivity index is 1.90. The number of carbonyl (C=O) groups is 1. The predicted octanol–water partition coefficient (Wildman–Crippen LogP) is 6.54. The van der Waals surface area contributed by atoms with Crippen LogP contribution in [0.4, 0.5) is 18.0 Å². The average Bonchev–Trinajstić information content (AvgIpc) is 3.02. The van der Waals surface area contributed by atoms with Crippen molar-refractivity contribution in [2.24, 2.45) is 5.92 Å². The molecule has 0 aliphatic heterocycles. The van der Waals surface area contributed by atoms with E-state index in [0.717, 1.165) is 17.8 Å². The van der Waals surface area contributed by atoms with Crippen molar-refractivity contribution in [1.29, 1.82) is 0 Å². The van der Waals surface area contributed by atoms with Gasteiger partial charge in [-0.15, -0.1) is 0 Å². The Kier molecular flexibility index (Phi) is 8.60. The maximum atomic E-state index is 12.9. The van der Waals surface area contributed by atoms with E-state index in [1.807, 2.05) is 57.5 Å². The van der Waals surface area contributed by atoms with Crippen LogP contribution in [0.1, 0.15) is 83.6 Å². The molecule has 2 rings (SSSR count). The highest BCUT2D eigenvalue weighted by Gasteiger charge is 2.41. The molecule has 0 spiro atoms. The minimum Gasteiger partial charge on any atom is -0.444 e. The van der Waals surface area contributed by atoms with Crippen LogP contribution in [0.15, 0.2) is 12.1 Å². The molecule has 8 heteroatoms. The molecule has 0 unspecified atom stereocenters. The molecule has 1 aliphatic rings. The highest BCUT2D eigenvalue weighted by Crippen LogP contribution is 2.41. The van der Waals surface area contributed by atoms with E-state index in [9.17, 15) is 18.0 Å². The molecule has 0 atom stereocenters. The number of nitrogens with zero attached hydrogens (tertiary/aromatic N) is 3. The van der Waals surface area contributed by atoms with Crippen molar-refractivity contribution in [3.05, 3.63) is 23.5 Å². The van der Waals surface area contributed by atoms with Gasteiger partial charge in [0.15, 0.2) is 0 Å². The lowest BCUT2D eigenvalue weighted by atomic mass is 9.85. The van der Waals surface area contributed by atoms with Gasteiger partial charge in [-0.2, -0.15) is 18.3 Å². The van der Waals surface area contributed by atoms with Crippen LogP contribution in [0.2, 0.25) is 0 Å². The number of hydrogen-bond donors (Lipinski definition) is 0. The van der Waals surface area contributed by atoms with Gasteiger partial charge >= 0.3 is 12.3 Å². The number of rotatable bonds is 7. The summed E-state index contributed by atoms with van der Waals surface area (Å²) < 4.78 is 46.0. The van der Waals surface area contributed by atoms with Gasteiger partial charge in [-0.3, -0.25) is 4.68 Å². The molecule has 1 aliphatic carbocycles. The molecule has 31 heavy (non-hydrogen) atoms. The molecule has 0 N–H and O–H groups in total. The molecular formula is C23H36F3N3O2. The quantitative estimate of drug-likeness (QED) is 0.481. The van der Waals surface area contributed by atoms with E-state index in [1.54, 1.807) is 4.90 Å². The van der Waals surface area contributed by atoms with E-state index in [-0.39, 0.29) is 25.0 Å². The molecule has 0 saturated heterocycles. The van der Waals surface area contributed by atoms with Crippen LogP contribution in [0.25, 0.3) is 6.08 Å². The van der Waals surface area contributed by atoms with Gasteiger partial charge in [-0.05, 0) is 78.4 Å². The first-order valence-electron chi connectivity index (χ1n) is 11.2. The Labute approximate surface area is 183 Å². The van der Waals surface area contributed by atoms with E-state index in [0.29, 0.717) is 32.4 Å². The molecule has 1 heterocycles. The third-order valence-corrected chi connectivity index (χ3v) is 5.45. The number of ether oxygens (including phenoxy) is 1. The number of carbonyl (C=O) groups excluding carboxylic acids is 1. The second-order valence-electron chi connectivity index (χ2n) is 9.36. The van der Waals surface area contributed by atoms with Crippen molar-refractivity contribution in [1.82, 2.24) is 14.7 Å². The Morgan fingerprint density at radius 1 is 1.23 bits per heavy atom. The molecule has 0 bridgehead atoms. The summed E-state index contributed by atoms with van der Waals surface area (Å²) in [6.45, 7) is 10.7. The normalized spacial score (nSPS) is 20.3. The van der Waals surface area contributed by atoms with Gasteiger partial charge in [0.1, 0.15) is 5.60 Å². The first-order valence-corrected chi connectivity index (χ1v) is 11.2. The number of hydrogen-bond acceptors (Lipinski definition) is 3. The van der Waals surface area contributed by atoms with Gasteiger partial charge in [-0.25, -0.2) is 4.79 Å². The Hall–Kier alpha value is -1.99. The molecule has 176 valence electrons. The van der Waals surface area contributed by atoms with Crippen LogP contribution in [0, 0.1) is 12.8 Å². The molecule has 1 saturated carbocycles. The first-order chi connectivity index (χ1) is 14.4. The molecule has 1 fully saturated rings. The highest BCUT2D eigenvalue weighted by molar-refractivity contribution is 5.68. The summed E-state index contributed by atoms with van der Waals surface area (Å²) in [4.78, 5) is 14.0. The van der Waals surface area contributed by atoms with Crippen LogP contribution in [0.3, 0.4) is 0 Å². The fourth-order valence-electron chi connectivity index (χ4n) is 3.94. The van der Waals surface area contributed by atoms with Gasteiger partial charge in [0.2, 0.25) is 0 Å². The molecule has 1 amide bonds. The minimum absolute atomic E-state index is 0.0213. The average molecular weight is 444 g/mol. The molecular weight excluding hydrogens is 407 g/mol.